The molecule has 1 N–H and O–H groups in total. The van der Waals surface area contributed by atoms with Crippen molar-refractivity contribution >= 4 is 28.5 Å². The molecule has 1 fully saturated rings. The lowest BCUT2D eigenvalue weighted by atomic mass is 9.73. The van der Waals surface area contributed by atoms with Gasteiger partial charge in [-0.2, -0.15) is 5.10 Å². The largest absolute Gasteiger partial charge is 0.330 e. The van der Waals surface area contributed by atoms with Crippen LogP contribution in [0.15, 0.2) is 67.3 Å². The van der Waals surface area contributed by atoms with Gasteiger partial charge in [0.2, 0.25) is 5.91 Å². The zero-order chi connectivity index (χ0) is 21.9. The van der Waals surface area contributed by atoms with Gasteiger partial charge in [-0.25, -0.2) is 0 Å². The number of carbonyl (C=O) groups excluding carboxylic acids is 2. The second-order valence-electron chi connectivity index (χ2n) is 8.33. The molecule has 158 valence electrons. The van der Waals surface area contributed by atoms with Crippen LogP contribution in [0.4, 0.5) is 5.69 Å². The van der Waals surface area contributed by atoms with E-state index in [1.807, 2.05) is 37.5 Å². The highest BCUT2D eigenvalue weighted by molar-refractivity contribution is 6.08. The van der Waals surface area contributed by atoms with Crippen molar-refractivity contribution < 1.29 is 9.59 Å². The van der Waals surface area contributed by atoms with Crippen molar-refractivity contribution in [3.8, 4) is 0 Å². The number of benzene rings is 2. The van der Waals surface area contributed by atoms with Crippen LogP contribution in [0.25, 0.3) is 11.0 Å². The lowest BCUT2D eigenvalue weighted by Crippen LogP contribution is -2.42. The Morgan fingerprint density at radius 2 is 1.94 bits per heavy atom. The van der Waals surface area contributed by atoms with Gasteiger partial charge in [0.1, 0.15) is 5.41 Å². The maximum atomic E-state index is 13.8. The number of aromatic nitrogens is 4. The van der Waals surface area contributed by atoms with Gasteiger partial charge in [-0.1, -0.05) is 18.2 Å². The van der Waals surface area contributed by atoms with Crippen LogP contribution in [0.1, 0.15) is 33.9 Å². The van der Waals surface area contributed by atoms with Gasteiger partial charge in [0.05, 0.1) is 23.3 Å². The molecule has 1 spiro atoms. The van der Waals surface area contributed by atoms with E-state index in [1.165, 1.54) is 0 Å². The molecule has 2 aromatic carbocycles. The molecule has 0 radical (unpaired) electrons. The minimum Gasteiger partial charge on any atom is -0.330 e. The van der Waals surface area contributed by atoms with Crippen molar-refractivity contribution in [3.05, 3.63) is 83.9 Å². The number of anilines is 1. The average molecular weight is 424 g/mol. The Kier molecular flexibility index (Phi) is 3.92. The fourth-order valence-electron chi connectivity index (χ4n) is 5.21. The summed E-state index contributed by atoms with van der Waals surface area (Å²) in [5, 5.41) is 7.37. The Morgan fingerprint density at radius 1 is 1.12 bits per heavy atom. The van der Waals surface area contributed by atoms with E-state index in [1.54, 1.807) is 46.4 Å². The predicted octanol–water partition coefficient (Wildman–Crippen LogP) is 2.84. The normalized spacial score (nSPS) is 21.8. The Labute approximate surface area is 183 Å². The van der Waals surface area contributed by atoms with Crippen molar-refractivity contribution in [2.45, 2.75) is 17.9 Å². The highest BCUT2D eigenvalue weighted by atomic mass is 16.2. The molecule has 4 aromatic rings. The first-order chi connectivity index (χ1) is 15.6. The molecule has 2 atom stereocenters. The quantitative estimate of drug-likeness (QED) is 0.534. The Morgan fingerprint density at radius 3 is 2.75 bits per heavy atom. The van der Waals surface area contributed by atoms with Crippen LogP contribution in [-0.4, -0.2) is 43.0 Å². The summed E-state index contributed by atoms with van der Waals surface area (Å²) in [6.07, 6.45) is 7.41. The summed E-state index contributed by atoms with van der Waals surface area (Å²) in [6.45, 7) is 0.457. The summed E-state index contributed by atoms with van der Waals surface area (Å²) in [5.41, 5.74) is 3.64. The van der Waals surface area contributed by atoms with Crippen LogP contribution < -0.4 is 5.32 Å². The molecule has 2 aliphatic rings. The van der Waals surface area contributed by atoms with Gasteiger partial charge in [0.15, 0.2) is 0 Å². The smallest absolute Gasteiger partial charge is 0.254 e. The monoisotopic (exact) mass is 424 g/mol. The van der Waals surface area contributed by atoms with Gasteiger partial charge in [0, 0.05) is 49.0 Å². The molecule has 32 heavy (non-hydrogen) atoms. The Hall–Kier alpha value is -4.07. The number of nitrogens with zero attached hydrogens (tertiary/aromatic N) is 5. The number of fused-ring (bicyclic) bond motifs is 3. The van der Waals surface area contributed by atoms with E-state index in [9.17, 15) is 9.59 Å². The van der Waals surface area contributed by atoms with Gasteiger partial charge >= 0.3 is 0 Å². The molecule has 0 saturated carbocycles. The number of hydrogen-bond donors (Lipinski definition) is 1. The molecule has 0 bridgehead atoms. The minimum atomic E-state index is -0.855. The topological polar surface area (TPSA) is 93.0 Å². The first-order valence-electron chi connectivity index (χ1n) is 10.5. The maximum Gasteiger partial charge on any atom is 0.254 e. The summed E-state index contributed by atoms with van der Waals surface area (Å²) in [6, 6.07) is 12.6. The zero-order valence-electron chi connectivity index (χ0n) is 17.4. The molecule has 4 heterocycles. The lowest BCUT2D eigenvalue weighted by molar-refractivity contribution is -0.121. The number of amides is 2. The maximum absolute atomic E-state index is 13.8. The van der Waals surface area contributed by atoms with Gasteiger partial charge in [0.25, 0.3) is 5.91 Å². The van der Waals surface area contributed by atoms with Gasteiger partial charge in [-0.3, -0.25) is 24.2 Å². The van der Waals surface area contributed by atoms with Gasteiger partial charge in [-0.05, 0) is 36.2 Å². The van der Waals surface area contributed by atoms with Crippen molar-refractivity contribution in [2.24, 2.45) is 7.05 Å². The number of aryl methyl sites for hydroxylation is 1. The minimum absolute atomic E-state index is 0.0766. The second-order valence-corrected chi connectivity index (χ2v) is 8.33. The number of hydrogen-bond acceptors (Lipinski definition) is 5. The predicted molar refractivity (Wildman–Crippen MR) is 118 cm³/mol. The summed E-state index contributed by atoms with van der Waals surface area (Å²) in [5.74, 6) is -0.215. The standard InChI is InChI=1S/C24H20N6O2/c1-29-14-16(13-27-29)21-24(17-4-2-3-5-18(17)28-23(24)32)8-11-30(21)22(31)15-6-7-19-20(12-15)26-10-9-25-19/h2-7,9-10,12-14,21H,8,11H2,1H3,(H,28,32). The van der Waals surface area contributed by atoms with Crippen LogP contribution in [0.2, 0.25) is 0 Å². The zero-order valence-corrected chi connectivity index (χ0v) is 17.4. The summed E-state index contributed by atoms with van der Waals surface area (Å²) < 4.78 is 1.70. The van der Waals surface area contributed by atoms with Crippen LogP contribution in [0.3, 0.4) is 0 Å². The molecule has 2 aliphatic heterocycles. The van der Waals surface area contributed by atoms with Crippen LogP contribution >= 0.6 is 0 Å². The van der Waals surface area contributed by atoms with E-state index in [-0.39, 0.29) is 11.8 Å². The highest BCUT2D eigenvalue weighted by Crippen LogP contribution is 2.54. The second kappa shape index (κ2) is 6.71. The lowest BCUT2D eigenvalue weighted by Gasteiger charge is -2.33. The van der Waals surface area contributed by atoms with E-state index >= 15 is 0 Å². The molecule has 1 saturated heterocycles. The molecule has 2 aromatic heterocycles. The van der Waals surface area contributed by atoms with Crippen LogP contribution in [0, 0.1) is 0 Å². The number of nitrogens with one attached hydrogen (secondary N) is 1. The van der Waals surface area contributed by atoms with Crippen LogP contribution in [0.5, 0.6) is 0 Å². The number of carbonyl (C=O) groups is 2. The van der Waals surface area contributed by atoms with E-state index in [2.05, 4.69) is 20.4 Å². The fourth-order valence-corrected chi connectivity index (χ4v) is 5.21. The molecule has 0 aliphatic carbocycles. The molecule has 6 rings (SSSR count). The molecule has 2 unspecified atom stereocenters. The average Bonchev–Trinajstić information content (AvgIpc) is 3.50. The number of para-hydroxylation sites is 1. The van der Waals surface area contributed by atoms with Crippen molar-refractivity contribution in [1.29, 1.82) is 0 Å². The molecule has 8 heteroatoms. The third kappa shape index (κ3) is 2.52. The molecule has 8 nitrogen and oxygen atoms in total. The van der Waals surface area contributed by atoms with Crippen molar-refractivity contribution in [1.82, 2.24) is 24.6 Å². The summed E-state index contributed by atoms with van der Waals surface area (Å²) >= 11 is 0. The fraction of sp³-hybridized carbons (Fsp3) is 0.208. The third-order valence-corrected chi connectivity index (χ3v) is 6.60. The molecular formula is C24H20N6O2. The van der Waals surface area contributed by atoms with Gasteiger partial charge in [-0.15, -0.1) is 0 Å². The summed E-state index contributed by atoms with van der Waals surface area (Å²) in [7, 11) is 1.84. The third-order valence-electron chi connectivity index (χ3n) is 6.60. The Balaban J connectivity index is 1.49. The first-order valence-corrected chi connectivity index (χ1v) is 10.5. The highest BCUT2D eigenvalue weighted by Gasteiger charge is 2.59. The summed E-state index contributed by atoms with van der Waals surface area (Å²) in [4.78, 5) is 37.6. The van der Waals surface area contributed by atoms with Crippen LogP contribution in [-0.2, 0) is 17.3 Å². The van der Waals surface area contributed by atoms with Gasteiger partial charge < -0.3 is 10.2 Å². The first kappa shape index (κ1) is 18.7. The van der Waals surface area contributed by atoms with E-state index in [4.69, 9.17) is 0 Å². The molecular weight excluding hydrogens is 404 g/mol. The van der Waals surface area contributed by atoms with Crippen molar-refractivity contribution in [2.75, 3.05) is 11.9 Å². The van der Waals surface area contributed by atoms with E-state index in [0.29, 0.717) is 24.0 Å². The number of likely N-dealkylation sites (tertiary alicyclic amines) is 1. The van der Waals surface area contributed by atoms with Crippen molar-refractivity contribution in [3.63, 3.8) is 0 Å². The van der Waals surface area contributed by atoms with E-state index < -0.39 is 11.5 Å². The number of rotatable bonds is 2. The SMILES string of the molecule is Cn1cc(C2N(C(=O)c3ccc4nccnc4c3)CCC23C(=O)Nc2ccccc23)cn1. The molecule has 2 amide bonds. The van der Waals surface area contributed by atoms with E-state index in [0.717, 1.165) is 22.3 Å². The Bertz CT molecular complexity index is 1400.